The first-order chi connectivity index (χ1) is 14.4. The predicted octanol–water partition coefficient (Wildman–Crippen LogP) is 4.58. The number of carbonyl (C=O) groups excluding carboxylic acids is 1. The zero-order chi connectivity index (χ0) is 21.1. The van der Waals surface area contributed by atoms with Crippen molar-refractivity contribution >= 4 is 5.91 Å². The summed E-state index contributed by atoms with van der Waals surface area (Å²) in [4.78, 5) is 27.2. The van der Waals surface area contributed by atoms with Crippen molar-refractivity contribution in [3.8, 4) is 11.3 Å². The van der Waals surface area contributed by atoms with Gasteiger partial charge in [0.1, 0.15) is 0 Å². The molecule has 1 atom stereocenters. The highest BCUT2D eigenvalue weighted by atomic mass is 19.4. The molecule has 3 aromatic rings. The summed E-state index contributed by atoms with van der Waals surface area (Å²) in [6.45, 7) is 1.14. The zero-order valence-corrected chi connectivity index (χ0v) is 16.0. The van der Waals surface area contributed by atoms with E-state index < -0.39 is 11.7 Å². The maximum absolute atomic E-state index is 13.0. The van der Waals surface area contributed by atoms with Gasteiger partial charge in [0.2, 0.25) is 0 Å². The molecule has 1 aliphatic rings. The molecular weight excluding hydrogens is 393 g/mol. The molecule has 4 rings (SSSR count). The standard InChI is InChI=1S/C22H19F3N4O/c23-22(24,25)18-5-1-3-16(11-18)19-12-27-13-20(28-19)17-4-2-10-29(14-17)21(30)15-6-8-26-9-7-15/h1,3,5-9,11-13,17H,2,4,10,14H2/t17-/m0/s1. The average molecular weight is 412 g/mol. The van der Waals surface area contributed by atoms with Crippen LogP contribution in [0.4, 0.5) is 13.2 Å². The van der Waals surface area contributed by atoms with Crippen LogP contribution in [0.3, 0.4) is 0 Å². The van der Waals surface area contributed by atoms with Crippen molar-refractivity contribution in [3.05, 3.63) is 78.0 Å². The number of hydrogen-bond donors (Lipinski definition) is 0. The molecule has 2 aromatic heterocycles. The fourth-order valence-corrected chi connectivity index (χ4v) is 3.65. The van der Waals surface area contributed by atoms with Gasteiger partial charge in [0.25, 0.3) is 5.91 Å². The summed E-state index contributed by atoms with van der Waals surface area (Å²) in [5.41, 5.74) is 1.28. The van der Waals surface area contributed by atoms with Crippen molar-refractivity contribution in [1.82, 2.24) is 19.9 Å². The number of rotatable bonds is 3. The molecule has 0 saturated carbocycles. The van der Waals surface area contributed by atoms with E-state index in [9.17, 15) is 18.0 Å². The molecule has 0 spiro atoms. The van der Waals surface area contributed by atoms with E-state index in [1.807, 2.05) is 0 Å². The van der Waals surface area contributed by atoms with Crippen LogP contribution in [0.1, 0.15) is 40.4 Å². The Balaban J connectivity index is 1.56. The van der Waals surface area contributed by atoms with Gasteiger partial charge in [0.15, 0.2) is 0 Å². The smallest absolute Gasteiger partial charge is 0.338 e. The molecular formula is C22H19F3N4O. The highest BCUT2D eigenvalue weighted by Crippen LogP contribution is 2.32. The fraction of sp³-hybridized carbons (Fsp3) is 0.273. The minimum atomic E-state index is -4.42. The molecule has 3 heterocycles. The Morgan fingerprint density at radius 1 is 1.07 bits per heavy atom. The Bertz CT molecular complexity index is 1040. The summed E-state index contributed by atoms with van der Waals surface area (Å²) in [6, 6.07) is 8.42. The van der Waals surface area contributed by atoms with Crippen molar-refractivity contribution in [2.75, 3.05) is 13.1 Å². The number of alkyl halides is 3. The van der Waals surface area contributed by atoms with Crippen LogP contribution in [0.2, 0.25) is 0 Å². The first-order valence-corrected chi connectivity index (χ1v) is 9.61. The van der Waals surface area contributed by atoms with E-state index in [2.05, 4.69) is 15.0 Å². The lowest BCUT2D eigenvalue weighted by Crippen LogP contribution is -2.39. The van der Waals surface area contributed by atoms with Gasteiger partial charge in [-0.15, -0.1) is 0 Å². The predicted molar refractivity (Wildman–Crippen MR) is 105 cm³/mol. The number of benzene rings is 1. The van der Waals surface area contributed by atoms with Crippen molar-refractivity contribution in [2.24, 2.45) is 0 Å². The van der Waals surface area contributed by atoms with Gasteiger partial charge in [0, 0.05) is 48.7 Å². The molecule has 1 saturated heterocycles. The third-order valence-electron chi connectivity index (χ3n) is 5.19. The number of halogens is 3. The molecule has 0 radical (unpaired) electrons. The van der Waals surface area contributed by atoms with Gasteiger partial charge >= 0.3 is 6.18 Å². The molecule has 1 amide bonds. The highest BCUT2D eigenvalue weighted by molar-refractivity contribution is 5.94. The summed E-state index contributed by atoms with van der Waals surface area (Å²) < 4.78 is 39.1. The number of amides is 1. The molecule has 8 heteroatoms. The first kappa shape index (κ1) is 20.0. The van der Waals surface area contributed by atoms with Gasteiger partial charge in [-0.2, -0.15) is 13.2 Å². The summed E-state index contributed by atoms with van der Waals surface area (Å²) in [7, 11) is 0. The second kappa shape index (κ2) is 8.22. The van der Waals surface area contributed by atoms with E-state index in [4.69, 9.17) is 0 Å². The van der Waals surface area contributed by atoms with Crippen LogP contribution in [-0.2, 0) is 6.18 Å². The molecule has 1 fully saturated rings. The van der Waals surface area contributed by atoms with E-state index in [0.29, 0.717) is 35.6 Å². The van der Waals surface area contributed by atoms with Crippen LogP contribution >= 0.6 is 0 Å². The quantitative estimate of drug-likeness (QED) is 0.632. The fourth-order valence-electron chi connectivity index (χ4n) is 3.65. The summed E-state index contributed by atoms with van der Waals surface area (Å²) >= 11 is 0. The van der Waals surface area contributed by atoms with E-state index in [0.717, 1.165) is 25.0 Å². The Morgan fingerprint density at radius 3 is 2.63 bits per heavy atom. The van der Waals surface area contributed by atoms with Crippen LogP contribution in [-0.4, -0.2) is 38.8 Å². The second-order valence-electron chi connectivity index (χ2n) is 7.23. The van der Waals surface area contributed by atoms with Crippen LogP contribution in [0, 0.1) is 0 Å². The lowest BCUT2D eigenvalue weighted by atomic mass is 9.94. The monoisotopic (exact) mass is 412 g/mol. The average Bonchev–Trinajstić information content (AvgIpc) is 2.79. The molecule has 0 aliphatic carbocycles. The number of aromatic nitrogens is 3. The maximum Gasteiger partial charge on any atom is 0.416 e. The first-order valence-electron chi connectivity index (χ1n) is 9.61. The van der Waals surface area contributed by atoms with Crippen LogP contribution < -0.4 is 0 Å². The Labute approximate surface area is 171 Å². The highest BCUT2D eigenvalue weighted by Gasteiger charge is 2.31. The number of carbonyl (C=O) groups is 1. The van der Waals surface area contributed by atoms with E-state index >= 15 is 0 Å². The molecule has 154 valence electrons. The molecule has 5 nitrogen and oxygen atoms in total. The summed E-state index contributed by atoms with van der Waals surface area (Å²) in [6.07, 6.45) is 3.48. The molecule has 0 bridgehead atoms. The Kier molecular flexibility index (Phi) is 5.48. The lowest BCUT2D eigenvalue weighted by Gasteiger charge is -2.32. The number of likely N-dealkylation sites (tertiary alicyclic amines) is 1. The van der Waals surface area contributed by atoms with Crippen LogP contribution in [0.15, 0.2) is 61.2 Å². The molecule has 0 N–H and O–H groups in total. The van der Waals surface area contributed by atoms with E-state index in [-0.39, 0.29) is 11.8 Å². The normalized spacial score (nSPS) is 17.0. The topological polar surface area (TPSA) is 59.0 Å². The summed E-state index contributed by atoms with van der Waals surface area (Å²) in [5, 5.41) is 0. The summed E-state index contributed by atoms with van der Waals surface area (Å²) in [5.74, 6) is -0.0909. The van der Waals surface area contributed by atoms with Gasteiger partial charge in [-0.25, -0.2) is 4.98 Å². The van der Waals surface area contributed by atoms with Crippen molar-refractivity contribution in [2.45, 2.75) is 24.9 Å². The van der Waals surface area contributed by atoms with E-state index in [1.54, 1.807) is 41.7 Å². The van der Waals surface area contributed by atoms with Gasteiger partial charge in [-0.05, 0) is 37.1 Å². The van der Waals surface area contributed by atoms with Crippen molar-refractivity contribution < 1.29 is 18.0 Å². The van der Waals surface area contributed by atoms with Crippen LogP contribution in [0.5, 0.6) is 0 Å². The minimum absolute atomic E-state index is 0.0252. The van der Waals surface area contributed by atoms with E-state index in [1.165, 1.54) is 12.3 Å². The number of pyridine rings is 1. The van der Waals surface area contributed by atoms with Gasteiger partial charge in [-0.3, -0.25) is 14.8 Å². The van der Waals surface area contributed by atoms with Gasteiger partial charge in [0.05, 0.1) is 23.1 Å². The third kappa shape index (κ3) is 4.32. The molecule has 1 aromatic carbocycles. The minimum Gasteiger partial charge on any atom is -0.338 e. The number of piperidine rings is 1. The van der Waals surface area contributed by atoms with Crippen molar-refractivity contribution in [3.63, 3.8) is 0 Å². The zero-order valence-electron chi connectivity index (χ0n) is 16.0. The molecule has 1 aliphatic heterocycles. The number of hydrogen-bond acceptors (Lipinski definition) is 4. The number of nitrogens with zero attached hydrogens (tertiary/aromatic N) is 4. The lowest BCUT2D eigenvalue weighted by molar-refractivity contribution is -0.137. The maximum atomic E-state index is 13.0. The molecule has 30 heavy (non-hydrogen) atoms. The van der Waals surface area contributed by atoms with Gasteiger partial charge in [-0.1, -0.05) is 12.1 Å². The SMILES string of the molecule is O=C(c1ccncc1)N1CCC[C@H](c2cncc(-c3cccc(C(F)(F)F)c3)n2)C1. The van der Waals surface area contributed by atoms with Crippen LogP contribution in [0.25, 0.3) is 11.3 Å². The second-order valence-corrected chi connectivity index (χ2v) is 7.23. The van der Waals surface area contributed by atoms with Gasteiger partial charge < -0.3 is 4.90 Å². The Morgan fingerprint density at radius 2 is 1.87 bits per heavy atom. The largest absolute Gasteiger partial charge is 0.416 e. The molecule has 0 unspecified atom stereocenters. The third-order valence-corrected chi connectivity index (χ3v) is 5.19. The Hall–Kier alpha value is -3.29. The van der Waals surface area contributed by atoms with Crippen molar-refractivity contribution in [1.29, 1.82) is 0 Å².